The zero-order valence-corrected chi connectivity index (χ0v) is 11.4. The van der Waals surface area contributed by atoms with Crippen LogP contribution in [0.5, 0.6) is 0 Å². The van der Waals surface area contributed by atoms with Gasteiger partial charge in [-0.25, -0.2) is 4.79 Å². The van der Waals surface area contributed by atoms with Crippen molar-refractivity contribution in [3.05, 3.63) is 23.8 Å². The molecule has 1 aromatic carbocycles. The van der Waals surface area contributed by atoms with E-state index in [1.807, 2.05) is 0 Å². The van der Waals surface area contributed by atoms with Crippen LogP contribution in [0.3, 0.4) is 0 Å². The van der Waals surface area contributed by atoms with Crippen molar-refractivity contribution in [3.8, 4) is 0 Å². The van der Waals surface area contributed by atoms with Gasteiger partial charge in [0.25, 0.3) is 0 Å². The van der Waals surface area contributed by atoms with Crippen LogP contribution in [-0.2, 0) is 4.74 Å². The number of carbonyl (C=O) groups excluding carboxylic acids is 1. The zero-order chi connectivity index (χ0) is 13.8. The number of nitrogen functional groups attached to an aromatic ring is 2. The van der Waals surface area contributed by atoms with Crippen molar-refractivity contribution in [2.75, 3.05) is 11.5 Å². The van der Waals surface area contributed by atoms with E-state index in [9.17, 15) is 4.79 Å². The normalized spacial score (nSPS) is 23.0. The van der Waals surface area contributed by atoms with Gasteiger partial charge in [0.15, 0.2) is 0 Å². The number of hydrogen-bond donors (Lipinski definition) is 2. The average Bonchev–Trinajstić information content (AvgIpc) is 2.37. The largest absolute Gasteiger partial charge is 0.459 e. The maximum absolute atomic E-state index is 12.1. The molecule has 0 amide bonds. The van der Waals surface area contributed by atoms with E-state index in [-0.39, 0.29) is 12.1 Å². The van der Waals surface area contributed by atoms with Gasteiger partial charge in [0.1, 0.15) is 6.10 Å². The molecule has 0 spiro atoms. The second-order valence-corrected chi connectivity index (χ2v) is 5.36. The van der Waals surface area contributed by atoms with Crippen molar-refractivity contribution in [2.45, 2.75) is 45.1 Å². The monoisotopic (exact) mass is 262 g/mol. The van der Waals surface area contributed by atoms with Crippen molar-refractivity contribution < 1.29 is 9.53 Å². The number of esters is 1. The summed E-state index contributed by atoms with van der Waals surface area (Å²) in [6, 6.07) is 4.85. The van der Waals surface area contributed by atoms with Crippen molar-refractivity contribution in [3.63, 3.8) is 0 Å². The van der Waals surface area contributed by atoms with Crippen LogP contribution >= 0.6 is 0 Å². The van der Waals surface area contributed by atoms with E-state index in [0.717, 1.165) is 25.7 Å². The van der Waals surface area contributed by atoms with Crippen LogP contribution < -0.4 is 11.5 Å². The molecule has 0 radical (unpaired) electrons. The van der Waals surface area contributed by atoms with Crippen LogP contribution in [0.2, 0.25) is 0 Å². The van der Waals surface area contributed by atoms with Crippen LogP contribution in [0.15, 0.2) is 18.2 Å². The van der Waals surface area contributed by atoms with Crippen LogP contribution in [0.1, 0.15) is 49.4 Å². The van der Waals surface area contributed by atoms with Crippen molar-refractivity contribution in [1.29, 1.82) is 0 Å². The van der Waals surface area contributed by atoms with E-state index < -0.39 is 0 Å². The second-order valence-electron chi connectivity index (χ2n) is 5.36. The lowest BCUT2D eigenvalue weighted by atomic mass is 9.85. The molecule has 2 unspecified atom stereocenters. The Morgan fingerprint density at radius 1 is 1.26 bits per heavy atom. The molecule has 0 bridgehead atoms. The molecule has 2 atom stereocenters. The summed E-state index contributed by atoms with van der Waals surface area (Å²) in [4.78, 5) is 12.1. The van der Waals surface area contributed by atoms with Gasteiger partial charge in [0.05, 0.1) is 5.56 Å². The third-order valence-electron chi connectivity index (χ3n) is 3.80. The highest BCUT2D eigenvalue weighted by Gasteiger charge is 2.24. The topological polar surface area (TPSA) is 78.3 Å². The van der Waals surface area contributed by atoms with E-state index in [4.69, 9.17) is 16.2 Å². The number of benzene rings is 1. The number of ether oxygens (including phenoxy) is 1. The van der Waals surface area contributed by atoms with Gasteiger partial charge >= 0.3 is 5.97 Å². The summed E-state index contributed by atoms with van der Waals surface area (Å²) in [6.07, 6.45) is 5.50. The molecule has 0 saturated heterocycles. The lowest BCUT2D eigenvalue weighted by Gasteiger charge is -2.28. The van der Waals surface area contributed by atoms with Gasteiger partial charge in [-0.1, -0.05) is 19.8 Å². The fourth-order valence-electron chi connectivity index (χ4n) is 2.73. The SMILES string of the molecule is CCC1CCCC(OC(=O)c2cc(N)cc(N)c2)C1. The Kier molecular flexibility index (Phi) is 4.30. The molecule has 4 N–H and O–H groups in total. The van der Waals surface area contributed by atoms with Crippen molar-refractivity contribution in [1.82, 2.24) is 0 Å². The van der Waals surface area contributed by atoms with E-state index >= 15 is 0 Å². The average molecular weight is 262 g/mol. The molecule has 1 aliphatic carbocycles. The number of nitrogens with two attached hydrogens (primary N) is 2. The Morgan fingerprint density at radius 3 is 2.58 bits per heavy atom. The predicted molar refractivity (Wildman–Crippen MR) is 76.7 cm³/mol. The fourth-order valence-corrected chi connectivity index (χ4v) is 2.73. The zero-order valence-electron chi connectivity index (χ0n) is 11.4. The first-order chi connectivity index (χ1) is 9.08. The van der Waals surface area contributed by atoms with Gasteiger partial charge in [-0.05, 0) is 43.4 Å². The lowest BCUT2D eigenvalue weighted by Crippen LogP contribution is -2.25. The summed E-state index contributed by atoms with van der Waals surface area (Å²) in [5.41, 5.74) is 12.8. The molecule has 1 aliphatic rings. The quantitative estimate of drug-likeness (QED) is 0.648. The van der Waals surface area contributed by atoms with Gasteiger partial charge in [-0.3, -0.25) is 0 Å². The van der Waals surface area contributed by atoms with Crippen LogP contribution in [0.4, 0.5) is 11.4 Å². The summed E-state index contributed by atoms with van der Waals surface area (Å²) in [5.74, 6) is 0.359. The highest BCUT2D eigenvalue weighted by Crippen LogP contribution is 2.29. The first kappa shape index (κ1) is 13.7. The van der Waals surface area contributed by atoms with Gasteiger partial charge in [-0.15, -0.1) is 0 Å². The summed E-state index contributed by atoms with van der Waals surface area (Å²) in [6.45, 7) is 2.19. The van der Waals surface area contributed by atoms with E-state index in [0.29, 0.717) is 22.9 Å². The Hall–Kier alpha value is -1.71. The summed E-state index contributed by atoms with van der Waals surface area (Å²) >= 11 is 0. The Balaban J connectivity index is 2.00. The van der Waals surface area contributed by atoms with Crippen LogP contribution in [0.25, 0.3) is 0 Å². The van der Waals surface area contributed by atoms with E-state index in [1.165, 1.54) is 6.42 Å². The third-order valence-corrected chi connectivity index (χ3v) is 3.80. The van der Waals surface area contributed by atoms with Gasteiger partial charge in [-0.2, -0.15) is 0 Å². The Labute approximate surface area is 114 Å². The third kappa shape index (κ3) is 3.63. The summed E-state index contributed by atoms with van der Waals surface area (Å²) in [5, 5.41) is 0. The standard InChI is InChI=1S/C15H22N2O2/c1-2-10-4-3-5-14(6-10)19-15(18)11-7-12(16)9-13(17)8-11/h7-10,14H,2-6,16-17H2,1H3. The molecule has 4 heteroatoms. The number of carbonyl (C=O) groups is 1. The fraction of sp³-hybridized carbons (Fsp3) is 0.533. The van der Waals surface area contributed by atoms with E-state index in [2.05, 4.69) is 6.92 Å². The number of hydrogen-bond acceptors (Lipinski definition) is 4. The first-order valence-electron chi connectivity index (χ1n) is 6.95. The van der Waals surface area contributed by atoms with Crippen molar-refractivity contribution in [2.24, 2.45) is 5.92 Å². The molecule has 4 nitrogen and oxygen atoms in total. The second kappa shape index (κ2) is 5.95. The molecule has 1 saturated carbocycles. The van der Waals surface area contributed by atoms with E-state index in [1.54, 1.807) is 18.2 Å². The lowest BCUT2D eigenvalue weighted by molar-refractivity contribution is 0.0140. The molecule has 19 heavy (non-hydrogen) atoms. The molecule has 2 rings (SSSR count). The molecule has 0 heterocycles. The molecule has 1 aromatic rings. The van der Waals surface area contributed by atoms with Gasteiger partial charge in [0, 0.05) is 11.4 Å². The highest BCUT2D eigenvalue weighted by atomic mass is 16.5. The Morgan fingerprint density at radius 2 is 1.95 bits per heavy atom. The molecule has 1 fully saturated rings. The van der Waals surface area contributed by atoms with Gasteiger partial charge in [0.2, 0.25) is 0 Å². The smallest absolute Gasteiger partial charge is 0.338 e. The van der Waals surface area contributed by atoms with Crippen LogP contribution in [0, 0.1) is 5.92 Å². The Bertz CT molecular complexity index is 439. The number of rotatable bonds is 3. The molecule has 0 aromatic heterocycles. The minimum absolute atomic E-state index is 0.0360. The maximum atomic E-state index is 12.1. The highest BCUT2D eigenvalue weighted by molar-refractivity contribution is 5.91. The molecular weight excluding hydrogens is 240 g/mol. The molecule has 0 aliphatic heterocycles. The maximum Gasteiger partial charge on any atom is 0.338 e. The van der Waals surface area contributed by atoms with Crippen molar-refractivity contribution >= 4 is 17.3 Å². The van der Waals surface area contributed by atoms with Crippen LogP contribution in [-0.4, -0.2) is 12.1 Å². The summed E-state index contributed by atoms with van der Waals surface area (Å²) in [7, 11) is 0. The number of anilines is 2. The summed E-state index contributed by atoms with van der Waals surface area (Å²) < 4.78 is 5.57. The van der Waals surface area contributed by atoms with Gasteiger partial charge < -0.3 is 16.2 Å². The minimum atomic E-state index is -0.319. The minimum Gasteiger partial charge on any atom is -0.459 e. The first-order valence-corrected chi connectivity index (χ1v) is 6.95. The predicted octanol–water partition coefficient (Wildman–Crippen LogP) is 2.98. The molecule has 104 valence electrons. The molecular formula is C15H22N2O2.